The first-order valence-electron chi connectivity index (χ1n) is 6.97. The Morgan fingerprint density at radius 3 is 2.35 bits per heavy atom. The fourth-order valence-corrected chi connectivity index (χ4v) is 1.78. The Balaban J connectivity index is 1.71. The average molecular weight is 312 g/mol. The summed E-state index contributed by atoms with van der Waals surface area (Å²) < 4.78 is 5.22. The Kier molecular flexibility index (Phi) is 5.88. The number of benzene rings is 2. The van der Waals surface area contributed by atoms with Crippen LogP contribution in [0.25, 0.3) is 0 Å². The van der Waals surface area contributed by atoms with Gasteiger partial charge in [0.1, 0.15) is 12.0 Å². The normalized spacial score (nSPS) is 9.74. The molecule has 0 radical (unpaired) electrons. The summed E-state index contributed by atoms with van der Waals surface area (Å²) in [5, 5.41) is 4.75. The molecule has 0 aliphatic carbocycles. The van der Waals surface area contributed by atoms with Gasteiger partial charge in [-0.2, -0.15) is 0 Å². The summed E-state index contributed by atoms with van der Waals surface area (Å²) in [4.78, 5) is 33.7. The van der Waals surface area contributed by atoms with Gasteiger partial charge >= 0.3 is 6.03 Å². The monoisotopic (exact) mass is 312 g/mol. The lowest BCUT2D eigenvalue weighted by Crippen LogP contribution is -2.41. The topological polar surface area (TPSA) is 84.5 Å². The number of imide groups is 1. The van der Waals surface area contributed by atoms with Crippen molar-refractivity contribution >= 4 is 18.2 Å². The van der Waals surface area contributed by atoms with Crippen molar-refractivity contribution < 1.29 is 19.1 Å². The Bertz CT molecular complexity index is 669. The molecule has 2 N–H and O–H groups in total. The van der Waals surface area contributed by atoms with E-state index in [0.29, 0.717) is 24.1 Å². The third kappa shape index (κ3) is 5.62. The minimum absolute atomic E-state index is 0.292. The smallest absolute Gasteiger partial charge is 0.321 e. The zero-order valence-electron chi connectivity index (χ0n) is 12.3. The van der Waals surface area contributed by atoms with Gasteiger partial charge in [0.25, 0.3) is 5.91 Å². The van der Waals surface area contributed by atoms with E-state index < -0.39 is 11.9 Å². The number of urea groups is 1. The van der Waals surface area contributed by atoms with E-state index >= 15 is 0 Å². The Morgan fingerprint density at radius 2 is 1.70 bits per heavy atom. The molecule has 2 rings (SSSR count). The third-order valence-electron chi connectivity index (χ3n) is 2.93. The molecule has 0 spiro atoms. The summed E-state index contributed by atoms with van der Waals surface area (Å²) in [5.41, 5.74) is 1.45. The van der Waals surface area contributed by atoms with Gasteiger partial charge < -0.3 is 10.1 Å². The molecule has 0 heterocycles. The lowest BCUT2D eigenvalue weighted by atomic mass is 10.2. The van der Waals surface area contributed by atoms with Gasteiger partial charge in [-0.15, -0.1) is 0 Å². The third-order valence-corrected chi connectivity index (χ3v) is 2.93. The minimum Gasteiger partial charge on any atom is -0.484 e. The summed E-state index contributed by atoms with van der Waals surface area (Å²) in [6, 6.07) is 15.1. The van der Waals surface area contributed by atoms with E-state index in [-0.39, 0.29) is 6.61 Å². The Labute approximate surface area is 133 Å². The van der Waals surface area contributed by atoms with Crippen molar-refractivity contribution in [3.8, 4) is 5.75 Å². The molecule has 0 saturated heterocycles. The fourth-order valence-electron chi connectivity index (χ4n) is 1.78. The number of amides is 3. The van der Waals surface area contributed by atoms with E-state index in [1.165, 1.54) is 0 Å². The van der Waals surface area contributed by atoms with Crippen LogP contribution in [0.5, 0.6) is 5.75 Å². The molecule has 23 heavy (non-hydrogen) atoms. The maximum absolute atomic E-state index is 11.6. The summed E-state index contributed by atoms with van der Waals surface area (Å²) in [5.74, 6) is -0.120. The molecule has 0 aliphatic heterocycles. The molecule has 6 heteroatoms. The molecule has 6 nitrogen and oxygen atoms in total. The van der Waals surface area contributed by atoms with Gasteiger partial charge in [-0.3, -0.25) is 14.9 Å². The van der Waals surface area contributed by atoms with Crippen molar-refractivity contribution in [1.82, 2.24) is 10.6 Å². The number of ether oxygens (including phenoxy) is 1. The van der Waals surface area contributed by atoms with Gasteiger partial charge in [0, 0.05) is 12.1 Å². The first kappa shape index (κ1) is 16.2. The van der Waals surface area contributed by atoms with Crippen LogP contribution < -0.4 is 15.4 Å². The van der Waals surface area contributed by atoms with Crippen LogP contribution in [0.15, 0.2) is 54.6 Å². The van der Waals surface area contributed by atoms with Crippen LogP contribution in [-0.2, 0) is 11.3 Å². The van der Waals surface area contributed by atoms with E-state index in [4.69, 9.17) is 4.74 Å². The van der Waals surface area contributed by atoms with Gasteiger partial charge in [0.2, 0.25) is 0 Å². The largest absolute Gasteiger partial charge is 0.484 e. The van der Waals surface area contributed by atoms with Crippen LogP contribution in [0.2, 0.25) is 0 Å². The van der Waals surface area contributed by atoms with Gasteiger partial charge in [0.15, 0.2) is 6.61 Å². The fraction of sp³-hybridized carbons (Fsp3) is 0.118. The summed E-state index contributed by atoms with van der Waals surface area (Å²) >= 11 is 0. The second-order valence-electron chi connectivity index (χ2n) is 4.69. The van der Waals surface area contributed by atoms with E-state index in [0.717, 1.165) is 5.56 Å². The molecule has 3 amide bonds. The maximum Gasteiger partial charge on any atom is 0.321 e. The van der Waals surface area contributed by atoms with Gasteiger partial charge in [-0.25, -0.2) is 4.79 Å². The number of carbonyl (C=O) groups excluding carboxylic acids is 3. The van der Waals surface area contributed by atoms with Gasteiger partial charge in [0.05, 0.1) is 0 Å². The highest BCUT2D eigenvalue weighted by Crippen LogP contribution is 2.10. The van der Waals surface area contributed by atoms with Crippen molar-refractivity contribution in [2.45, 2.75) is 6.54 Å². The number of carbonyl (C=O) groups is 3. The van der Waals surface area contributed by atoms with Crippen LogP contribution in [0.4, 0.5) is 4.79 Å². The molecule has 0 fully saturated rings. The lowest BCUT2D eigenvalue weighted by Gasteiger charge is -2.08. The first-order chi connectivity index (χ1) is 11.2. The number of hydrogen-bond donors (Lipinski definition) is 2. The van der Waals surface area contributed by atoms with E-state index in [9.17, 15) is 14.4 Å². The van der Waals surface area contributed by atoms with Crippen molar-refractivity contribution in [2.75, 3.05) is 6.61 Å². The molecule has 0 aliphatic rings. The summed E-state index contributed by atoms with van der Waals surface area (Å²) in [6.45, 7) is 0.0349. The van der Waals surface area contributed by atoms with E-state index in [1.54, 1.807) is 24.3 Å². The zero-order valence-corrected chi connectivity index (χ0v) is 12.3. The van der Waals surface area contributed by atoms with Crippen molar-refractivity contribution in [2.24, 2.45) is 0 Å². The van der Waals surface area contributed by atoms with Crippen LogP contribution in [0, 0.1) is 0 Å². The van der Waals surface area contributed by atoms with Gasteiger partial charge in [-0.1, -0.05) is 30.3 Å². The minimum atomic E-state index is -0.584. The number of nitrogens with one attached hydrogen (secondary N) is 2. The highest BCUT2D eigenvalue weighted by molar-refractivity contribution is 5.94. The Morgan fingerprint density at radius 1 is 1.00 bits per heavy atom. The molecule has 0 aromatic heterocycles. The number of aldehydes is 1. The summed E-state index contributed by atoms with van der Waals surface area (Å²) in [7, 11) is 0. The molecular weight excluding hydrogens is 296 g/mol. The molecule has 0 saturated carbocycles. The maximum atomic E-state index is 11.6. The molecule has 0 atom stereocenters. The summed E-state index contributed by atoms with van der Waals surface area (Å²) in [6.07, 6.45) is 0.716. The van der Waals surface area contributed by atoms with Crippen LogP contribution >= 0.6 is 0 Å². The lowest BCUT2D eigenvalue weighted by molar-refractivity contribution is -0.122. The first-order valence-corrected chi connectivity index (χ1v) is 6.97. The van der Waals surface area contributed by atoms with Crippen LogP contribution in [0.1, 0.15) is 15.9 Å². The molecule has 2 aromatic carbocycles. The standard InChI is InChI=1S/C17H16N2O4/c20-11-14-6-8-15(9-7-14)23-12-16(21)19-17(22)18-10-13-4-2-1-3-5-13/h1-9,11H,10,12H2,(H2,18,19,21,22). The molecular formula is C17H16N2O4. The van der Waals surface area contributed by atoms with Crippen molar-refractivity contribution in [3.63, 3.8) is 0 Å². The van der Waals surface area contributed by atoms with E-state index in [1.807, 2.05) is 30.3 Å². The van der Waals surface area contributed by atoms with E-state index in [2.05, 4.69) is 10.6 Å². The molecule has 0 unspecified atom stereocenters. The zero-order chi connectivity index (χ0) is 16.5. The molecule has 2 aromatic rings. The average Bonchev–Trinajstić information content (AvgIpc) is 2.59. The number of rotatable bonds is 6. The second-order valence-corrected chi connectivity index (χ2v) is 4.69. The highest BCUT2D eigenvalue weighted by Gasteiger charge is 2.08. The van der Waals surface area contributed by atoms with Crippen molar-refractivity contribution in [3.05, 3.63) is 65.7 Å². The molecule has 118 valence electrons. The highest BCUT2D eigenvalue weighted by atomic mass is 16.5. The Hall–Kier alpha value is -3.15. The van der Waals surface area contributed by atoms with Crippen molar-refractivity contribution in [1.29, 1.82) is 0 Å². The van der Waals surface area contributed by atoms with Gasteiger partial charge in [-0.05, 0) is 29.8 Å². The predicted octanol–water partition coefficient (Wildman–Crippen LogP) is 1.90. The SMILES string of the molecule is O=Cc1ccc(OCC(=O)NC(=O)NCc2ccccc2)cc1. The quantitative estimate of drug-likeness (QED) is 0.798. The predicted molar refractivity (Wildman–Crippen MR) is 84.1 cm³/mol. The molecule has 0 bridgehead atoms. The van der Waals surface area contributed by atoms with Crippen LogP contribution in [-0.4, -0.2) is 24.8 Å². The van der Waals surface area contributed by atoms with Crippen LogP contribution in [0.3, 0.4) is 0 Å². The second kappa shape index (κ2) is 8.33. The number of hydrogen-bond acceptors (Lipinski definition) is 4.